The molecule has 1 aliphatic rings. The van der Waals surface area contributed by atoms with Crippen LogP contribution in [0, 0.1) is 13.8 Å². The molecule has 0 unspecified atom stereocenters. The lowest BCUT2D eigenvalue weighted by molar-refractivity contribution is -0.125. The van der Waals surface area contributed by atoms with Crippen molar-refractivity contribution in [2.75, 3.05) is 13.2 Å². The number of rotatable bonds is 5. The summed E-state index contributed by atoms with van der Waals surface area (Å²) in [6, 6.07) is 0. The molecule has 6 nitrogen and oxygen atoms in total. The van der Waals surface area contributed by atoms with Crippen molar-refractivity contribution >= 4 is 5.91 Å². The Labute approximate surface area is 112 Å². The highest BCUT2D eigenvalue weighted by Gasteiger charge is 2.34. The van der Waals surface area contributed by atoms with Gasteiger partial charge in [-0.1, -0.05) is 0 Å². The first-order chi connectivity index (χ1) is 8.91. The molecule has 0 aromatic carbocycles. The lowest BCUT2D eigenvalue weighted by Crippen LogP contribution is -2.48. The van der Waals surface area contributed by atoms with Crippen LogP contribution in [0.1, 0.15) is 30.7 Å². The second-order valence-corrected chi connectivity index (χ2v) is 5.27. The van der Waals surface area contributed by atoms with E-state index in [1.807, 2.05) is 20.9 Å². The highest BCUT2D eigenvalue weighted by molar-refractivity contribution is 5.77. The molecule has 0 saturated heterocycles. The van der Waals surface area contributed by atoms with Gasteiger partial charge in [-0.25, -0.2) is 0 Å². The summed E-state index contributed by atoms with van der Waals surface area (Å²) in [6.45, 7) is 3.99. The highest BCUT2D eigenvalue weighted by Crippen LogP contribution is 2.30. The number of carbonyl (C=O) groups excluding carboxylic acids is 1. The third kappa shape index (κ3) is 3.07. The van der Waals surface area contributed by atoms with Crippen LogP contribution in [0.15, 0.2) is 0 Å². The fourth-order valence-corrected chi connectivity index (χ4v) is 2.18. The maximum atomic E-state index is 11.7. The van der Waals surface area contributed by atoms with Gasteiger partial charge in [-0.3, -0.25) is 9.48 Å². The number of hydrogen-bond acceptors (Lipinski definition) is 4. The van der Waals surface area contributed by atoms with E-state index in [4.69, 9.17) is 4.74 Å². The monoisotopic (exact) mass is 267 g/mol. The van der Waals surface area contributed by atoms with E-state index in [-0.39, 0.29) is 12.5 Å². The molecule has 106 valence electrons. The number of aliphatic hydroxyl groups is 1. The van der Waals surface area contributed by atoms with E-state index in [1.165, 1.54) is 0 Å². The maximum Gasteiger partial charge on any atom is 0.258 e. The van der Waals surface area contributed by atoms with E-state index in [0.717, 1.165) is 30.7 Å². The van der Waals surface area contributed by atoms with Crippen LogP contribution in [0.25, 0.3) is 0 Å². The lowest BCUT2D eigenvalue weighted by atomic mass is 9.80. The van der Waals surface area contributed by atoms with Crippen molar-refractivity contribution < 1.29 is 14.6 Å². The molecular formula is C13H21N3O3. The fraction of sp³-hybridized carbons (Fsp3) is 0.692. The maximum absolute atomic E-state index is 11.7. The molecule has 0 bridgehead atoms. The van der Waals surface area contributed by atoms with Gasteiger partial charge >= 0.3 is 0 Å². The molecule has 1 aliphatic carbocycles. The summed E-state index contributed by atoms with van der Waals surface area (Å²) in [5.41, 5.74) is 0.962. The first kappa shape index (κ1) is 13.9. The molecule has 19 heavy (non-hydrogen) atoms. The Kier molecular flexibility index (Phi) is 3.80. The largest absolute Gasteiger partial charge is 0.480 e. The summed E-state index contributed by atoms with van der Waals surface area (Å²) in [4.78, 5) is 11.7. The van der Waals surface area contributed by atoms with Crippen molar-refractivity contribution in [1.29, 1.82) is 0 Å². The highest BCUT2D eigenvalue weighted by atomic mass is 16.5. The van der Waals surface area contributed by atoms with Gasteiger partial charge in [0.25, 0.3) is 5.91 Å². The summed E-state index contributed by atoms with van der Waals surface area (Å²) >= 11 is 0. The number of aryl methyl sites for hydroxylation is 2. The summed E-state index contributed by atoms with van der Waals surface area (Å²) in [5, 5.41) is 16.8. The summed E-state index contributed by atoms with van der Waals surface area (Å²) < 4.78 is 7.21. The summed E-state index contributed by atoms with van der Waals surface area (Å²) in [7, 11) is 1.83. The number of amides is 1. The molecule has 1 fully saturated rings. The van der Waals surface area contributed by atoms with Crippen molar-refractivity contribution in [3.63, 3.8) is 0 Å². The average Bonchev–Trinajstić information content (AvgIpc) is 2.56. The summed E-state index contributed by atoms with van der Waals surface area (Å²) in [5.74, 6) is 0.433. The predicted molar refractivity (Wildman–Crippen MR) is 70.0 cm³/mol. The van der Waals surface area contributed by atoms with Gasteiger partial charge in [0.1, 0.15) is 5.69 Å². The van der Waals surface area contributed by atoms with E-state index < -0.39 is 5.60 Å². The first-order valence-electron chi connectivity index (χ1n) is 6.53. The average molecular weight is 267 g/mol. The van der Waals surface area contributed by atoms with E-state index in [0.29, 0.717) is 12.3 Å². The molecular weight excluding hydrogens is 246 g/mol. The normalized spacial score (nSPS) is 16.8. The number of ether oxygens (including phenoxy) is 1. The van der Waals surface area contributed by atoms with Crippen LogP contribution < -0.4 is 10.1 Å². The minimum absolute atomic E-state index is 0.0521. The minimum Gasteiger partial charge on any atom is -0.480 e. The molecule has 1 aromatic rings. The lowest BCUT2D eigenvalue weighted by Gasteiger charge is -2.36. The Morgan fingerprint density at radius 1 is 1.53 bits per heavy atom. The van der Waals surface area contributed by atoms with E-state index in [9.17, 15) is 9.90 Å². The zero-order chi connectivity index (χ0) is 14.0. The van der Waals surface area contributed by atoms with Crippen molar-refractivity contribution in [3.8, 4) is 5.75 Å². The van der Waals surface area contributed by atoms with Crippen molar-refractivity contribution in [2.45, 2.75) is 38.7 Å². The minimum atomic E-state index is -0.699. The Bertz CT molecular complexity index is 478. The molecule has 2 N–H and O–H groups in total. The van der Waals surface area contributed by atoms with Crippen LogP contribution in [-0.4, -0.2) is 39.5 Å². The van der Waals surface area contributed by atoms with E-state index in [2.05, 4.69) is 10.4 Å². The van der Waals surface area contributed by atoms with Crippen LogP contribution in [-0.2, 0) is 11.8 Å². The fourth-order valence-electron chi connectivity index (χ4n) is 2.18. The number of nitrogens with zero attached hydrogens (tertiary/aromatic N) is 2. The van der Waals surface area contributed by atoms with Crippen LogP contribution in [0.5, 0.6) is 5.75 Å². The predicted octanol–water partition coefficient (Wildman–Crippen LogP) is 0.447. The van der Waals surface area contributed by atoms with Crippen LogP contribution in [0.2, 0.25) is 0 Å². The second kappa shape index (κ2) is 5.21. The smallest absolute Gasteiger partial charge is 0.258 e. The molecule has 0 aliphatic heterocycles. The Balaban J connectivity index is 1.80. The van der Waals surface area contributed by atoms with E-state index >= 15 is 0 Å². The SMILES string of the molecule is Cc1nn(C)c(C)c1OCC(=O)NCC1(O)CCC1. The van der Waals surface area contributed by atoms with Gasteiger partial charge in [0, 0.05) is 13.6 Å². The number of carbonyl (C=O) groups is 1. The summed E-state index contributed by atoms with van der Waals surface area (Å²) in [6.07, 6.45) is 2.54. The Morgan fingerprint density at radius 3 is 2.68 bits per heavy atom. The third-order valence-corrected chi connectivity index (χ3v) is 3.69. The first-order valence-corrected chi connectivity index (χ1v) is 6.53. The molecule has 1 saturated carbocycles. The Morgan fingerprint density at radius 2 is 2.21 bits per heavy atom. The molecule has 1 heterocycles. The van der Waals surface area contributed by atoms with Gasteiger partial charge in [0.2, 0.25) is 0 Å². The van der Waals surface area contributed by atoms with Crippen LogP contribution in [0.3, 0.4) is 0 Å². The van der Waals surface area contributed by atoms with Crippen LogP contribution >= 0.6 is 0 Å². The molecule has 0 atom stereocenters. The molecule has 0 spiro atoms. The number of hydrogen-bond donors (Lipinski definition) is 2. The van der Waals surface area contributed by atoms with Gasteiger partial charge in [-0.15, -0.1) is 0 Å². The third-order valence-electron chi connectivity index (χ3n) is 3.69. The second-order valence-electron chi connectivity index (χ2n) is 5.27. The molecule has 6 heteroatoms. The van der Waals surface area contributed by atoms with Crippen molar-refractivity contribution in [1.82, 2.24) is 15.1 Å². The number of aromatic nitrogens is 2. The van der Waals surface area contributed by atoms with Crippen molar-refractivity contribution in [3.05, 3.63) is 11.4 Å². The molecule has 2 rings (SSSR count). The Hall–Kier alpha value is -1.56. The quantitative estimate of drug-likeness (QED) is 0.812. The standard InChI is InChI=1S/C13H21N3O3/c1-9-12(10(2)16(3)15-9)19-7-11(17)14-8-13(18)5-4-6-13/h18H,4-8H2,1-3H3,(H,14,17). The van der Waals surface area contributed by atoms with Gasteiger partial charge in [0.05, 0.1) is 11.3 Å². The van der Waals surface area contributed by atoms with Crippen molar-refractivity contribution in [2.24, 2.45) is 7.05 Å². The van der Waals surface area contributed by atoms with E-state index in [1.54, 1.807) is 4.68 Å². The molecule has 1 aromatic heterocycles. The van der Waals surface area contributed by atoms with Gasteiger partial charge in [-0.2, -0.15) is 5.10 Å². The van der Waals surface area contributed by atoms with Gasteiger partial charge in [-0.05, 0) is 33.1 Å². The molecule has 0 radical (unpaired) electrons. The van der Waals surface area contributed by atoms with Gasteiger partial charge in [0.15, 0.2) is 12.4 Å². The number of nitrogens with one attached hydrogen (secondary N) is 1. The zero-order valence-corrected chi connectivity index (χ0v) is 11.7. The van der Waals surface area contributed by atoms with Crippen LogP contribution in [0.4, 0.5) is 0 Å². The van der Waals surface area contributed by atoms with Gasteiger partial charge < -0.3 is 15.2 Å². The zero-order valence-electron chi connectivity index (χ0n) is 11.7. The topological polar surface area (TPSA) is 76.4 Å². The molecule has 1 amide bonds.